The number of likely N-dealkylation sites (N-methyl/N-ethyl adjacent to an activating group) is 1. The van der Waals surface area contributed by atoms with E-state index in [-0.39, 0.29) is 42.7 Å². The highest BCUT2D eigenvalue weighted by Gasteiger charge is 2.30. The summed E-state index contributed by atoms with van der Waals surface area (Å²) in [6, 6.07) is 0.813. The van der Waals surface area contributed by atoms with Crippen molar-refractivity contribution in [3.63, 3.8) is 0 Å². The van der Waals surface area contributed by atoms with Crippen LogP contribution in [0.1, 0.15) is 44.9 Å². The zero-order chi connectivity index (χ0) is 13.0. The van der Waals surface area contributed by atoms with Crippen LogP contribution in [0.5, 0.6) is 0 Å². The number of nitrogens with zero attached hydrogens (tertiary/aromatic N) is 1. The molecule has 0 aromatic carbocycles. The first kappa shape index (κ1) is 20.0. The van der Waals surface area contributed by atoms with Gasteiger partial charge in [-0.05, 0) is 32.7 Å². The molecule has 0 bridgehead atoms. The molecule has 0 spiro atoms. The maximum Gasteiger partial charge on any atom is 0.224 e. The third-order valence-electron chi connectivity index (χ3n) is 4.62. The van der Waals surface area contributed by atoms with Crippen molar-refractivity contribution in [1.29, 1.82) is 0 Å². The Balaban J connectivity index is 0.00000180. The van der Waals surface area contributed by atoms with Crippen molar-refractivity contribution in [2.24, 2.45) is 11.7 Å². The Hall–Kier alpha value is -0.0300. The van der Waals surface area contributed by atoms with E-state index >= 15 is 0 Å². The monoisotopic (exact) mass is 325 g/mol. The zero-order valence-corrected chi connectivity index (χ0v) is 14.0. The van der Waals surface area contributed by atoms with Crippen LogP contribution in [0.25, 0.3) is 0 Å². The first-order chi connectivity index (χ1) is 8.68. The number of hydrogen-bond acceptors (Lipinski definition) is 3. The molecular formula is C14H29Cl2N3O. The molecule has 2 aliphatic carbocycles. The lowest BCUT2D eigenvalue weighted by Crippen LogP contribution is -2.42. The average Bonchev–Trinajstić information content (AvgIpc) is 2.99. The van der Waals surface area contributed by atoms with E-state index < -0.39 is 0 Å². The second-order valence-electron chi connectivity index (χ2n) is 5.91. The molecule has 120 valence electrons. The summed E-state index contributed by atoms with van der Waals surface area (Å²) in [4.78, 5) is 14.3. The summed E-state index contributed by atoms with van der Waals surface area (Å²) in [5.74, 6) is 0.224. The van der Waals surface area contributed by atoms with Gasteiger partial charge in [0.1, 0.15) is 0 Å². The van der Waals surface area contributed by atoms with Crippen molar-refractivity contribution in [1.82, 2.24) is 10.2 Å². The fourth-order valence-electron chi connectivity index (χ4n) is 3.33. The van der Waals surface area contributed by atoms with Crippen molar-refractivity contribution >= 4 is 30.7 Å². The molecule has 0 aromatic heterocycles. The molecule has 6 heteroatoms. The normalized spacial score (nSPS) is 26.1. The van der Waals surface area contributed by atoms with Crippen LogP contribution in [0.3, 0.4) is 0 Å². The number of halogens is 2. The van der Waals surface area contributed by atoms with Crippen molar-refractivity contribution < 1.29 is 4.79 Å². The van der Waals surface area contributed by atoms with Gasteiger partial charge < -0.3 is 16.0 Å². The van der Waals surface area contributed by atoms with Crippen molar-refractivity contribution in [3.8, 4) is 0 Å². The summed E-state index contributed by atoms with van der Waals surface area (Å²) in [6.07, 6.45) is 8.42. The molecule has 0 saturated heterocycles. The Morgan fingerprint density at radius 1 is 1.15 bits per heavy atom. The van der Waals surface area contributed by atoms with Crippen LogP contribution in [0, 0.1) is 5.92 Å². The average molecular weight is 326 g/mol. The van der Waals surface area contributed by atoms with E-state index in [0.717, 1.165) is 38.4 Å². The van der Waals surface area contributed by atoms with Crippen LogP contribution in [0.15, 0.2) is 0 Å². The number of rotatable bonds is 5. The highest BCUT2D eigenvalue weighted by molar-refractivity contribution is 5.85. The topological polar surface area (TPSA) is 58.4 Å². The maximum atomic E-state index is 11.9. The van der Waals surface area contributed by atoms with E-state index in [4.69, 9.17) is 5.73 Å². The molecule has 2 fully saturated rings. The fourth-order valence-corrected chi connectivity index (χ4v) is 3.33. The Morgan fingerprint density at radius 3 is 2.35 bits per heavy atom. The van der Waals surface area contributed by atoms with Gasteiger partial charge in [0.05, 0.1) is 5.92 Å². The number of carbonyl (C=O) groups is 1. The molecule has 1 amide bonds. The third kappa shape index (κ3) is 5.40. The number of amides is 1. The van der Waals surface area contributed by atoms with E-state index in [1.54, 1.807) is 0 Å². The number of nitrogens with one attached hydrogen (secondary N) is 1. The highest BCUT2D eigenvalue weighted by atomic mass is 35.5. The lowest BCUT2D eigenvalue weighted by Gasteiger charge is -2.24. The van der Waals surface area contributed by atoms with Crippen LogP contribution in [-0.2, 0) is 4.79 Å². The Bertz CT molecular complexity index is 286. The predicted octanol–water partition coefficient (Wildman–Crippen LogP) is 1.95. The molecular weight excluding hydrogens is 297 g/mol. The van der Waals surface area contributed by atoms with Crippen LogP contribution in [0.4, 0.5) is 0 Å². The van der Waals surface area contributed by atoms with Gasteiger partial charge in [-0.1, -0.05) is 19.3 Å². The van der Waals surface area contributed by atoms with E-state index in [1.165, 1.54) is 25.7 Å². The summed E-state index contributed by atoms with van der Waals surface area (Å²) in [5.41, 5.74) is 5.94. The summed E-state index contributed by atoms with van der Waals surface area (Å²) >= 11 is 0. The molecule has 2 aliphatic rings. The number of hydrogen-bond donors (Lipinski definition) is 2. The Kier molecular flexibility index (Phi) is 9.81. The lowest BCUT2D eigenvalue weighted by atomic mass is 10.0. The number of nitrogens with two attached hydrogens (primary N) is 1. The summed E-state index contributed by atoms with van der Waals surface area (Å²) in [5, 5.41) is 3.05. The molecule has 2 saturated carbocycles. The van der Waals surface area contributed by atoms with Crippen molar-refractivity contribution in [3.05, 3.63) is 0 Å². The van der Waals surface area contributed by atoms with Gasteiger partial charge in [-0.25, -0.2) is 0 Å². The minimum absolute atomic E-state index is 0. The molecule has 0 radical (unpaired) electrons. The number of carbonyl (C=O) groups excluding carboxylic acids is 1. The van der Waals surface area contributed by atoms with Gasteiger partial charge >= 0.3 is 0 Å². The molecule has 2 rings (SSSR count). The predicted molar refractivity (Wildman–Crippen MR) is 87.7 cm³/mol. The first-order valence-corrected chi connectivity index (χ1v) is 7.42. The largest absolute Gasteiger partial charge is 0.355 e. The molecule has 0 heterocycles. The van der Waals surface area contributed by atoms with Crippen LogP contribution in [-0.4, -0.2) is 43.0 Å². The lowest BCUT2D eigenvalue weighted by molar-refractivity contribution is -0.125. The van der Waals surface area contributed by atoms with E-state index in [2.05, 4.69) is 17.3 Å². The van der Waals surface area contributed by atoms with Gasteiger partial charge in [-0.2, -0.15) is 0 Å². The van der Waals surface area contributed by atoms with Gasteiger partial charge in [-0.15, -0.1) is 24.8 Å². The molecule has 2 unspecified atom stereocenters. The fraction of sp³-hybridized carbons (Fsp3) is 0.929. The first-order valence-electron chi connectivity index (χ1n) is 7.42. The van der Waals surface area contributed by atoms with E-state index in [9.17, 15) is 4.79 Å². The molecule has 0 aliphatic heterocycles. The second-order valence-corrected chi connectivity index (χ2v) is 5.91. The smallest absolute Gasteiger partial charge is 0.224 e. The molecule has 3 N–H and O–H groups in total. The minimum Gasteiger partial charge on any atom is -0.355 e. The second kappa shape index (κ2) is 9.82. The van der Waals surface area contributed by atoms with Gasteiger partial charge in [0, 0.05) is 25.2 Å². The molecule has 0 aromatic rings. The molecule has 2 atom stereocenters. The molecule has 20 heavy (non-hydrogen) atoms. The van der Waals surface area contributed by atoms with Crippen molar-refractivity contribution in [2.75, 3.05) is 20.1 Å². The Morgan fingerprint density at radius 2 is 1.80 bits per heavy atom. The summed E-state index contributed by atoms with van der Waals surface area (Å²) in [6.45, 7) is 1.72. The molecule has 4 nitrogen and oxygen atoms in total. The van der Waals surface area contributed by atoms with Crippen LogP contribution >= 0.6 is 24.8 Å². The van der Waals surface area contributed by atoms with Crippen LogP contribution in [0.2, 0.25) is 0 Å². The van der Waals surface area contributed by atoms with Gasteiger partial charge in [0.15, 0.2) is 0 Å². The quantitative estimate of drug-likeness (QED) is 0.812. The van der Waals surface area contributed by atoms with Gasteiger partial charge in [0.25, 0.3) is 0 Å². The van der Waals surface area contributed by atoms with Gasteiger partial charge in [0.2, 0.25) is 5.91 Å². The van der Waals surface area contributed by atoms with E-state index in [0.29, 0.717) is 0 Å². The Labute approximate surface area is 135 Å². The zero-order valence-electron chi connectivity index (χ0n) is 12.3. The van der Waals surface area contributed by atoms with E-state index in [1.807, 2.05) is 0 Å². The minimum atomic E-state index is 0. The SMILES string of the molecule is CN(CCNC(=O)C1CCCC1N)C1CCCC1.Cl.Cl. The summed E-state index contributed by atoms with van der Waals surface area (Å²) in [7, 11) is 2.17. The maximum absolute atomic E-state index is 11.9. The summed E-state index contributed by atoms with van der Waals surface area (Å²) < 4.78 is 0. The van der Waals surface area contributed by atoms with Crippen LogP contribution < -0.4 is 11.1 Å². The highest BCUT2D eigenvalue weighted by Crippen LogP contribution is 2.24. The third-order valence-corrected chi connectivity index (χ3v) is 4.62. The van der Waals surface area contributed by atoms with Crippen molar-refractivity contribution in [2.45, 2.75) is 57.0 Å². The van der Waals surface area contributed by atoms with Gasteiger partial charge in [-0.3, -0.25) is 4.79 Å². The standard InChI is InChI=1S/C14H27N3O.2ClH/c1-17(11-5-2-3-6-11)10-9-16-14(18)12-7-4-8-13(12)15;;/h11-13H,2-10,15H2,1H3,(H,16,18);2*1H.